The Bertz CT molecular complexity index is 1550. The smallest absolute Gasteiger partial charge is 0.187 e. The molecular formula is C44H74O19. The second-order valence-electron chi connectivity index (χ2n) is 19.9. The van der Waals surface area contributed by atoms with E-state index in [-0.39, 0.29) is 17.3 Å². The Labute approximate surface area is 369 Å². The van der Waals surface area contributed by atoms with Crippen molar-refractivity contribution < 1.29 is 94.1 Å². The Kier molecular flexibility index (Phi) is 16.0. The Hall–Kier alpha value is -1.28. The first-order valence-electron chi connectivity index (χ1n) is 22.4. The van der Waals surface area contributed by atoms with Crippen molar-refractivity contribution in [3.05, 3.63) is 24.8 Å². The van der Waals surface area contributed by atoms with Gasteiger partial charge in [0.2, 0.25) is 0 Å². The molecule has 0 aromatic rings. The van der Waals surface area contributed by atoms with Crippen LogP contribution in [0.5, 0.6) is 0 Å². The molecule has 19 heteroatoms. The molecule has 2 aliphatic carbocycles. The van der Waals surface area contributed by atoms with Gasteiger partial charge in [-0.15, -0.1) is 6.58 Å². The molecule has 63 heavy (non-hydrogen) atoms. The zero-order chi connectivity index (χ0) is 46.7. The highest BCUT2D eigenvalue weighted by Gasteiger charge is 2.59. The molecule has 25 unspecified atom stereocenters. The maximum Gasteiger partial charge on any atom is 0.187 e. The van der Waals surface area contributed by atoms with Crippen LogP contribution in [0.4, 0.5) is 0 Å². The van der Waals surface area contributed by atoms with Crippen molar-refractivity contribution >= 4 is 0 Å². The molecule has 4 heterocycles. The molecule has 6 rings (SSSR count). The fraction of sp³-hybridized carbons (Fsp3) is 0.909. The first kappa shape index (κ1) is 51.1. The van der Waals surface area contributed by atoms with Crippen LogP contribution in [0.2, 0.25) is 0 Å². The highest BCUT2D eigenvalue weighted by atomic mass is 16.8. The third-order valence-corrected chi connectivity index (χ3v) is 15.4. The maximum absolute atomic E-state index is 11.5. The van der Waals surface area contributed by atoms with E-state index in [0.29, 0.717) is 25.7 Å². The Morgan fingerprint density at radius 3 is 1.78 bits per heavy atom. The van der Waals surface area contributed by atoms with Crippen molar-refractivity contribution in [1.29, 1.82) is 0 Å². The van der Waals surface area contributed by atoms with E-state index in [1.165, 1.54) is 13.8 Å². The van der Waals surface area contributed by atoms with Crippen LogP contribution in [0.15, 0.2) is 24.8 Å². The molecule has 11 N–H and O–H groups in total. The summed E-state index contributed by atoms with van der Waals surface area (Å²) in [6, 6.07) is 0. The average molecular weight is 907 g/mol. The summed E-state index contributed by atoms with van der Waals surface area (Å²) in [7, 11) is 0. The summed E-state index contributed by atoms with van der Waals surface area (Å²) >= 11 is 0. The number of fused-ring (bicyclic) bond motifs is 1. The van der Waals surface area contributed by atoms with Gasteiger partial charge in [0, 0.05) is 0 Å². The van der Waals surface area contributed by atoms with Gasteiger partial charge in [-0.3, -0.25) is 0 Å². The minimum Gasteiger partial charge on any atom is -0.394 e. The van der Waals surface area contributed by atoms with Crippen molar-refractivity contribution in [3.8, 4) is 0 Å². The van der Waals surface area contributed by atoms with E-state index >= 15 is 0 Å². The summed E-state index contributed by atoms with van der Waals surface area (Å²) in [5, 5.41) is 118. The van der Waals surface area contributed by atoms with Crippen molar-refractivity contribution in [1.82, 2.24) is 0 Å². The SMILES string of the molecule is C=CC(C)(CCC1C(=C)CCC2C(C)(C)C(OC3OC(CO)C(O)C(O)C3OC3OC(C)C(O)C(OC4OC(C)C(O)C(O)C4O)C3O)CCC12C)OC1OC(C)C(O)C(O)C1O. The monoisotopic (exact) mass is 906 g/mol. The predicted octanol–water partition coefficient (Wildman–Crippen LogP) is -1.15. The molecule has 4 saturated heterocycles. The van der Waals surface area contributed by atoms with Gasteiger partial charge >= 0.3 is 0 Å². The molecule has 364 valence electrons. The molecule has 4 aliphatic heterocycles. The molecular weight excluding hydrogens is 832 g/mol. The molecule has 25 atom stereocenters. The summed E-state index contributed by atoms with van der Waals surface area (Å²) in [5.41, 5.74) is -0.669. The van der Waals surface area contributed by atoms with Crippen molar-refractivity contribution in [2.75, 3.05) is 6.61 Å². The normalized spacial score (nSPS) is 51.5. The maximum atomic E-state index is 11.5. The highest BCUT2D eigenvalue weighted by molar-refractivity contribution is 5.18. The fourth-order valence-corrected chi connectivity index (χ4v) is 11.1. The lowest BCUT2D eigenvalue weighted by Gasteiger charge is -2.61. The third-order valence-electron chi connectivity index (χ3n) is 15.4. The number of allylic oxidation sites excluding steroid dienone is 1. The molecule has 0 bridgehead atoms. The zero-order valence-corrected chi connectivity index (χ0v) is 37.4. The fourth-order valence-electron chi connectivity index (χ4n) is 11.1. The van der Waals surface area contributed by atoms with Gasteiger partial charge in [0.1, 0.15) is 79.4 Å². The number of ether oxygens (including phenoxy) is 8. The summed E-state index contributed by atoms with van der Waals surface area (Å²) in [6.07, 6.45) is -23.4. The number of aliphatic hydroxyl groups is 11. The Morgan fingerprint density at radius 1 is 0.651 bits per heavy atom. The minimum atomic E-state index is -1.79. The van der Waals surface area contributed by atoms with Gasteiger partial charge in [-0.25, -0.2) is 0 Å². The standard InChI is InChI=1S/C44H74O19/c1-10-43(8,63-40-34(54)31(51)27(47)20(4)58-40)15-13-22-18(2)11-12-24-42(6,7)25(14-16-44(22,24)9)60-41-37(32(52)29(49)23(17-45)59-41)62-39-35(55)36(28(48)21(5)57-39)61-38-33(53)30(50)26(46)19(3)56-38/h10,19-41,45-55H,1-2,11-17H2,3-9H3. The van der Waals surface area contributed by atoms with Crippen LogP contribution >= 0.6 is 0 Å². The van der Waals surface area contributed by atoms with Crippen LogP contribution in [0.3, 0.4) is 0 Å². The van der Waals surface area contributed by atoms with Gasteiger partial charge in [-0.1, -0.05) is 39.0 Å². The second kappa shape index (κ2) is 19.7. The number of aliphatic hydroxyl groups excluding tert-OH is 11. The average Bonchev–Trinajstić information content (AvgIpc) is 3.23. The molecule has 2 saturated carbocycles. The summed E-state index contributed by atoms with van der Waals surface area (Å²) in [4.78, 5) is 0. The van der Waals surface area contributed by atoms with Gasteiger partial charge in [0.05, 0.1) is 36.6 Å². The number of hydrogen-bond acceptors (Lipinski definition) is 19. The Morgan fingerprint density at radius 2 is 1.19 bits per heavy atom. The van der Waals surface area contributed by atoms with Gasteiger partial charge in [0.15, 0.2) is 25.2 Å². The van der Waals surface area contributed by atoms with Crippen LogP contribution in [0.25, 0.3) is 0 Å². The van der Waals surface area contributed by atoms with E-state index in [1.807, 2.05) is 6.92 Å². The van der Waals surface area contributed by atoms with Crippen molar-refractivity contribution in [2.45, 2.75) is 222 Å². The third kappa shape index (κ3) is 9.86. The molecule has 6 fully saturated rings. The largest absolute Gasteiger partial charge is 0.394 e. The minimum absolute atomic E-state index is 0.0368. The van der Waals surface area contributed by atoms with Gasteiger partial charge < -0.3 is 94.1 Å². The van der Waals surface area contributed by atoms with Gasteiger partial charge in [-0.2, -0.15) is 0 Å². The molecule has 6 aliphatic rings. The van der Waals surface area contributed by atoms with Crippen LogP contribution in [0.1, 0.15) is 87.0 Å². The molecule has 19 nitrogen and oxygen atoms in total. The summed E-state index contributed by atoms with van der Waals surface area (Å²) in [6.45, 7) is 20.7. The van der Waals surface area contributed by atoms with Gasteiger partial charge in [-0.05, 0) is 88.9 Å². The first-order chi connectivity index (χ1) is 29.4. The van der Waals surface area contributed by atoms with E-state index < -0.39 is 147 Å². The van der Waals surface area contributed by atoms with Crippen LogP contribution in [-0.4, -0.2) is 197 Å². The van der Waals surface area contributed by atoms with E-state index in [9.17, 15) is 56.2 Å². The molecule has 0 aromatic carbocycles. The number of hydrogen-bond donors (Lipinski definition) is 11. The van der Waals surface area contributed by atoms with Crippen LogP contribution in [-0.2, 0) is 37.9 Å². The summed E-state index contributed by atoms with van der Waals surface area (Å²) < 4.78 is 48.3. The quantitative estimate of drug-likeness (QED) is 0.0769. The lowest BCUT2D eigenvalue weighted by Crippen LogP contribution is -2.66. The highest BCUT2D eigenvalue weighted by Crippen LogP contribution is 2.63. The van der Waals surface area contributed by atoms with Crippen molar-refractivity contribution in [3.63, 3.8) is 0 Å². The summed E-state index contributed by atoms with van der Waals surface area (Å²) in [5.74, 6) is 0.112. The van der Waals surface area contributed by atoms with Crippen molar-refractivity contribution in [2.24, 2.45) is 22.7 Å². The van der Waals surface area contributed by atoms with Gasteiger partial charge in [0.25, 0.3) is 0 Å². The zero-order valence-electron chi connectivity index (χ0n) is 37.4. The van der Waals surface area contributed by atoms with E-state index in [4.69, 9.17) is 37.9 Å². The first-order valence-corrected chi connectivity index (χ1v) is 22.4. The van der Waals surface area contributed by atoms with E-state index in [0.717, 1.165) is 18.4 Å². The van der Waals surface area contributed by atoms with Crippen LogP contribution < -0.4 is 0 Å². The molecule has 0 aromatic heterocycles. The van der Waals surface area contributed by atoms with Crippen LogP contribution in [0, 0.1) is 22.7 Å². The topological polar surface area (TPSA) is 296 Å². The lowest BCUT2D eigenvalue weighted by atomic mass is 9.46. The lowest BCUT2D eigenvalue weighted by molar-refractivity contribution is -0.388. The second-order valence-corrected chi connectivity index (χ2v) is 19.9. The predicted molar refractivity (Wildman–Crippen MR) is 219 cm³/mol. The molecule has 0 amide bonds. The number of rotatable bonds is 13. The van der Waals surface area contributed by atoms with E-state index in [1.54, 1.807) is 13.0 Å². The molecule has 0 spiro atoms. The van der Waals surface area contributed by atoms with E-state index in [2.05, 4.69) is 33.9 Å². The Balaban J connectivity index is 1.17. The molecule has 0 radical (unpaired) electrons.